The van der Waals surface area contributed by atoms with E-state index in [-0.39, 0.29) is 14.9 Å². The van der Waals surface area contributed by atoms with Crippen LogP contribution in [-0.4, -0.2) is 39.4 Å². The molecule has 0 spiro atoms. The van der Waals surface area contributed by atoms with Gasteiger partial charge in [0.1, 0.15) is 23.1 Å². The van der Waals surface area contributed by atoms with Crippen LogP contribution >= 0.6 is 23.2 Å². The van der Waals surface area contributed by atoms with Crippen LogP contribution in [0.25, 0.3) is 16.6 Å². The molecular weight excluding hydrogens is 447 g/mol. The SMILES string of the molecule is Cc1cc(Nc2nccc3nn(-c4c(Cl)cc(S(C)(=O)=O)cc4Cl)cc23)nc(C)n1. The summed E-state index contributed by atoms with van der Waals surface area (Å²) < 4.78 is 25.2. The number of nitrogens with zero attached hydrogens (tertiary/aromatic N) is 5. The summed E-state index contributed by atoms with van der Waals surface area (Å²) in [5.41, 5.74) is 1.85. The molecule has 3 aromatic heterocycles. The van der Waals surface area contributed by atoms with E-state index in [1.165, 1.54) is 16.8 Å². The lowest BCUT2D eigenvalue weighted by Gasteiger charge is -2.09. The molecule has 8 nitrogen and oxygen atoms in total. The summed E-state index contributed by atoms with van der Waals surface area (Å²) in [7, 11) is -3.45. The van der Waals surface area contributed by atoms with Crippen molar-refractivity contribution in [1.82, 2.24) is 24.7 Å². The highest BCUT2D eigenvalue weighted by Gasteiger charge is 2.18. The van der Waals surface area contributed by atoms with Crippen LogP contribution in [-0.2, 0) is 9.84 Å². The average molecular weight is 463 g/mol. The number of anilines is 2. The second-order valence-corrected chi connectivity index (χ2v) is 9.57. The minimum Gasteiger partial charge on any atom is -0.324 e. The highest BCUT2D eigenvalue weighted by molar-refractivity contribution is 7.90. The molecule has 0 radical (unpaired) electrons. The third-order valence-corrected chi connectivity index (χ3v) is 5.96. The van der Waals surface area contributed by atoms with Crippen LogP contribution in [0.2, 0.25) is 10.0 Å². The van der Waals surface area contributed by atoms with Gasteiger partial charge in [0.15, 0.2) is 9.84 Å². The van der Waals surface area contributed by atoms with E-state index in [2.05, 4.69) is 25.4 Å². The maximum absolute atomic E-state index is 11.8. The molecule has 0 atom stereocenters. The topological polar surface area (TPSA) is 103 Å². The van der Waals surface area contributed by atoms with Crippen LogP contribution in [0.1, 0.15) is 11.5 Å². The summed E-state index contributed by atoms with van der Waals surface area (Å²) in [5.74, 6) is 1.81. The number of aryl methyl sites for hydroxylation is 2. The smallest absolute Gasteiger partial charge is 0.175 e. The molecule has 1 N–H and O–H groups in total. The summed E-state index contributed by atoms with van der Waals surface area (Å²) in [6.45, 7) is 3.70. The van der Waals surface area contributed by atoms with Gasteiger partial charge in [0.05, 0.1) is 25.8 Å². The fourth-order valence-corrected chi connectivity index (χ4v) is 4.49. The van der Waals surface area contributed by atoms with Gasteiger partial charge in [0.25, 0.3) is 0 Å². The summed E-state index contributed by atoms with van der Waals surface area (Å²) in [6.07, 6.45) is 4.44. The van der Waals surface area contributed by atoms with Gasteiger partial charge in [-0.05, 0) is 32.0 Å². The van der Waals surface area contributed by atoms with Crippen LogP contribution in [0.15, 0.2) is 41.6 Å². The molecule has 4 aromatic rings. The largest absolute Gasteiger partial charge is 0.324 e. The van der Waals surface area contributed by atoms with Gasteiger partial charge < -0.3 is 5.32 Å². The standard InChI is InChI=1S/C19H16Cl2N6O2S/c1-10-6-17(24-11(2)23-10)25-19-13-9-27(26-16(13)4-5-22-19)18-14(20)7-12(8-15(18)21)30(3,28)29/h4-9H,1-3H3,(H,22,23,24,25). The van der Waals surface area contributed by atoms with Crippen molar-refractivity contribution in [2.45, 2.75) is 18.7 Å². The molecule has 30 heavy (non-hydrogen) atoms. The molecule has 4 rings (SSSR count). The Morgan fingerprint density at radius 2 is 1.77 bits per heavy atom. The molecule has 154 valence electrons. The van der Waals surface area contributed by atoms with Crippen molar-refractivity contribution in [2.24, 2.45) is 0 Å². The number of hydrogen-bond donors (Lipinski definition) is 1. The van der Waals surface area contributed by atoms with Gasteiger partial charge in [0.2, 0.25) is 0 Å². The maximum Gasteiger partial charge on any atom is 0.175 e. The normalized spacial score (nSPS) is 11.8. The van der Waals surface area contributed by atoms with Gasteiger partial charge >= 0.3 is 0 Å². The first-order valence-corrected chi connectivity index (χ1v) is 11.4. The number of sulfone groups is 1. The zero-order valence-corrected chi connectivity index (χ0v) is 18.5. The van der Waals surface area contributed by atoms with Crippen molar-refractivity contribution in [3.63, 3.8) is 0 Å². The summed E-state index contributed by atoms with van der Waals surface area (Å²) in [6, 6.07) is 6.28. The Morgan fingerprint density at radius 3 is 2.40 bits per heavy atom. The van der Waals surface area contributed by atoms with E-state index in [4.69, 9.17) is 23.2 Å². The molecule has 1 aromatic carbocycles. The van der Waals surface area contributed by atoms with Crippen molar-refractivity contribution in [3.05, 3.63) is 58.2 Å². The van der Waals surface area contributed by atoms with E-state index in [0.717, 1.165) is 11.9 Å². The van der Waals surface area contributed by atoms with Crippen LogP contribution in [0.3, 0.4) is 0 Å². The Labute approximate surface area is 182 Å². The fourth-order valence-electron chi connectivity index (χ4n) is 3.04. The van der Waals surface area contributed by atoms with Crippen LogP contribution < -0.4 is 5.32 Å². The molecule has 11 heteroatoms. The number of halogens is 2. The Morgan fingerprint density at radius 1 is 1.07 bits per heavy atom. The second-order valence-electron chi connectivity index (χ2n) is 6.74. The molecule has 0 aliphatic carbocycles. The van der Waals surface area contributed by atoms with Gasteiger partial charge in [-0.3, -0.25) is 0 Å². The van der Waals surface area contributed by atoms with Gasteiger partial charge in [0, 0.05) is 30.4 Å². The van der Waals surface area contributed by atoms with Gasteiger partial charge in [-0.15, -0.1) is 0 Å². The van der Waals surface area contributed by atoms with E-state index >= 15 is 0 Å². The summed E-state index contributed by atoms with van der Waals surface area (Å²) in [4.78, 5) is 13.1. The Bertz CT molecular complexity index is 1360. The predicted octanol–water partition coefficient (Wildman–Crippen LogP) is 4.28. The quantitative estimate of drug-likeness (QED) is 0.482. The maximum atomic E-state index is 11.8. The first-order valence-electron chi connectivity index (χ1n) is 8.75. The minimum absolute atomic E-state index is 0.0384. The Hall–Kier alpha value is -2.75. The number of pyridine rings is 1. The summed E-state index contributed by atoms with van der Waals surface area (Å²) >= 11 is 12.7. The second kappa shape index (κ2) is 7.50. The molecule has 0 bridgehead atoms. The number of hydrogen-bond acceptors (Lipinski definition) is 7. The molecule has 0 saturated heterocycles. The molecule has 0 aliphatic heterocycles. The third kappa shape index (κ3) is 3.96. The van der Waals surface area contributed by atoms with Crippen LogP contribution in [0, 0.1) is 13.8 Å². The Kier molecular flexibility index (Phi) is 5.13. The number of aromatic nitrogens is 5. The van der Waals surface area contributed by atoms with E-state index < -0.39 is 9.84 Å². The molecular formula is C19H16Cl2N6O2S. The monoisotopic (exact) mass is 462 g/mol. The summed E-state index contributed by atoms with van der Waals surface area (Å²) in [5, 5.41) is 8.76. The van der Waals surface area contributed by atoms with Crippen molar-refractivity contribution in [1.29, 1.82) is 0 Å². The minimum atomic E-state index is -3.45. The predicted molar refractivity (Wildman–Crippen MR) is 117 cm³/mol. The molecule has 0 amide bonds. The molecule has 0 fully saturated rings. The number of nitrogens with one attached hydrogen (secondary N) is 1. The average Bonchev–Trinajstić information content (AvgIpc) is 3.04. The zero-order chi connectivity index (χ0) is 21.6. The lowest BCUT2D eigenvalue weighted by atomic mass is 10.3. The first-order chi connectivity index (χ1) is 14.1. The Balaban J connectivity index is 1.81. The van der Waals surface area contributed by atoms with E-state index in [0.29, 0.717) is 34.1 Å². The van der Waals surface area contributed by atoms with Gasteiger partial charge in [-0.2, -0.15) is 5.10 Å². The van der Waals surface area contributed by atoms with Crippen molar-refractivity contribution in [3.8, 4) is 5.69 Å². The number of fused-ring (bicyclic) bond motifs is 1. The van der Waals surface area contributed by atoms with Crippen molar-refractivity contribution in [2.75, 3.05) is 11.6 Å². The third-order valence-electron chi connectivity index (χ3n) is 4.29. The first kappa shape index (κ1) is 20.5. The lowest BCUT2D eigenvalue weighted by molar-refractivity contribution is 0.602. The van der Waals surface area contributed by atoms with E-state index in [1.54, 1.807) is 18.5 Å². The molecule has 0 aliphatic rings. The lowest BCUT2D eigenvalue weighted by Crippen LogP contribution is -2.02. The van der Waals surface area contributed by atoms with Crippen molar-refractivity contribution < 1.29 is 8.42 Å². The molecule has 3 heterocycles. The van der Waals surface area contributed by atoms with Crippen LogP contribution in [0.4, 0.5) is 11.6 Å². The van der Waals surface area contributed by atoms with Gasteiger partial charge in [-0.25, -0.2) is 28.1 Å². The van der Waals surface area contributed by atoms with E-state index in [9.17, 15) is 8.42 Å². The number of benzene rings is 1. The van der Waals surface area contributed by atoms with E-state index in [1.807, 2.05) is 19.9 Å². The molecule has 0 saturated carbocycles. The van der Waals surface area contributed by atoms with Crippen molar-refractivity contribution >= 4 is 55.6 Å². The molecule has 0 unspecified atom stereocenters. The highest BCUT2D eigenvalue weighted by Crippen LogP contribution is 2.33. The zero-order valence-electron chi connectivity index (χ0n) is 16.2. The van der Waals surface area contributed by atoms with Crippen LogP contribution in [0.5, 0.6) is 0 Å². The number of rotatable bonds is 4. The highest BCUT2D eigenvalue weighted by atomic mass is 35.5. The van der Waals surface area contributed by atoms with Gasteiger partial charge in [-0.1, -0.05) is 23.2 Å². The fraction of sp³-hybridized carbons (Fsp3) is 0.158.